The van der Waals surface area contributed by atoms with Crippen molar-refractivity contribution in [2.75, 3.05) is 39.5 Å². The first-order valence-corrected chi connectivity index (χ1v) is 5.80. The monoisotopic (exact) mass is 216 g/mol. The van der Waals surface area contributed by atoms with Gasteiger partial charge in [-0.25, -0.2) is 0 Å². The fourth-order valence-electron chi connectivity index (χ4n) is 1.98. The number of amides is 1. The van der Waals surface area contributed by atoms with Gasteiger partial charge in [0.15, 0.2) is 0 Å². The highest BCUT2D eigenvalue weighted by Gasteiger charge is 2.21. The first-order chi connectivity index (χ1) is 6.63. The van der Waals surface area contributed by atoms with Gasteiger partial charge in [-0.2, -0.15) is 12.6 Å². The molecular weight excluding hydrogens is 196 g/mol. The third-order valence-corrected chi connectivity index (χ3v) is 3.00. The van der Waals surface area contributed by atoms with Crippen molar-refractivity contribution in [3.8, 4) is 0 Å². The Labute approximate surface area is 91.9 Å². The summed E-state index contributed by atoms with van der Waals surface area (Å²) in [5.74, 6) is 1.28. The zero-order valence-electron chi connectivity index (χ0n) is 9.07. The van der Waals surface area contributed by atoms with Crippen molar-refractivity contribution < 1.29 is 4.79 Å². The minimum absolute atomic E-state index is 0.177. The molecule has 0 aromatic heterocycles. The Morgan fingerprint density at radius 3 is 2.43 bits per heavy atom. The Hall–Kier alpha value is -0.220. The van der Waals surface area contributed by atoms with Gasteiger partial charge in [0.05, 0.1) is 5.75 Å². The summed E-state index contributed by atoms with van der Waals surface area (Å²) in [6, 6.07) is 0. The lowest BCUT2D eigenvalue weighted by atomic mass is 9.96. The fourth-order valence-corrected chi connectivity index (χ4v) is 2.18. The average Bonchev–Trinajstić information content (AvgIpc) is 2.17. The molecule has 3 nitrogen and oxygen atoms in total. The van der Waals surface area contributed by atoms with Crippen molar-refractivity contribution in [2.45, 2.75) is 12.8 Å². The van der Waals surface area contributed by atoms with Crippen LogP contribution in [-0.2, 0) is 4.79 Å². The molecule has 0 aromatic carbocycles. The van der Waals surface area contributed by atoms with E-state index >= 15 is 0 Å². The lowest BCUT2D eigenvalue weighted by molar-refractivity contribution is -0.129. The summed E-state index contributed by atoms with van der Waals surface area (Å²) in [4.78, 5) is 15.5. The van der Waals surface area contributed by atoms with Gasteiger partial charge in [0.2, 0.25) is 5.91 Å². The summed E-state index contributed by atoms with van der Waals surface area (Å²) >= 11 is 4.00. The Bertz CT molecular complexity index is 189. The normalized spacial score (nSPS) is 19.0. The highest BCUT2D eigenvalue weighted by atomic mass is 32.1. The van der Waals surface area contributed by atoms with E-state index < -0.39 is 0 Å². The molecule has 4 heteroatoms. The number of carbonyl (C=O) groups excluding carboxylic acids is 1. The number of nitrogens with zero attached hydrogens (tertiary/aromatic N) is 2. The topological polar surface area (TPSA) is 23.6 Å². The maximum Gasteiger partial charge on any atom is 0.232 e. The predicted molar refractivity (Wildman–Crippen MR) is 61.7 cm³/mol. The molecule has 0 atom stereocenters. The Morgan fingerprint density at radius 1 is 1.43 bits per heavy atom. The van der Waals surface area contributed by atoms with Crippen LogP contribution in [0.4, 0.5) is 0 Å². The first kappa shape index (κ1) is 11.9. The molecule has 0 aliphatic carbocycles. The van der Waals surface area contributed by atoms with Crippen molar-refractivity contribution in [1.29, 1.82) is 0 Å². The third kappa shape index (κ3) is 3.50. The van der Waals surface area contributed by atoms with Crippen LogP contribution in [0.3, 0.4) is 0 Å². The van der Waals surface area contributed by atoms with E-state index in [9.17, 15) is 4.79 Å². The maximum atomic E-state index is 11.3. The number of piperidine rings is 1. The van der Waals surface area contributed by atoms with E-state index in [1.165, 1.54) is 0 Å². The zero-order chi connectivity index (χ0) is 10.6. The van der Waals surface area contributed by atoms with E-state index in [0.717, 1.165) is 38.4 Å². The summed E-state index contributed by atoms with van der Waals surface area (Å²) in [7, 11) is 4.20. The van der Waals surface area contributed by atoms with Crippen LogP contribution in [0.5, 0.6) is 0 Å². The van der Waals surface area contributed by atoms with Crippen LogP contribution >= 0.6 is 12.6 Å². The van der Waals surface area contributed by atoms with Crippen LogP contribution in [0.1, 0.15) is 12.8 Å². The second-order valence-corrected chi connectivity index (χ2v) is 4.56. The molecule has 82 valence electrons. The SMILES string of the molecule is CN(C)CC1CCN(C(=O)CS)CC1. The van der Waals surface area contributed by atoms with Crippen molar-refractivity contribution in [3.63, 3.8) is 0 Å². The molecule has 14 heavy (non-hydrogen) atoms. The number of carbonyl (C=O) groups is 1. The van der Waals surface area contributed by atoms with Crippen LogP contribution in [0, 0.1) is 5.92 Å². The van der Waals surface area contributed by atoms with Crippen molar-refractivity contribution in [3.05, 3.63) is 0 Å². The fraction of sp³-hybridized carbons (Fsp3) is 0.900. The predicted octanol–water partition coefficient (Wildman–Crippen LogP) is 0.716. The molecule has 1 amide bonds. The molecule has 1 heterocycles. The van der Waals surface area contributed by atoms with Gasteiger partial charge in [-0.15, -0.1) is 0 Å². The number of likely N-dealkylation sites (tertiary alicyclic amines) is 1. The summed E-state index contributed by atoms with van der Waals surface area (Å²) in [6.45, 7) is 2.97. The average molecular weight is 216 g/mol. The van der Waals surface area contributed by atoms with Gasteiger partial charge in [-0.1, -0.05) is 0 Å². The number of thiol groups is 1. The number of hydrogen-bond acceptors (Lipinski definition) is 3. The van der Waals surface area contributed by atoms with Gasteiger partial charge < -0.3 is 9.80 Å². The maximum absolute atomic E-state index is 11.3. The molecule has 0 unspecified atom stereocenters. The lowest BCUT2D eigenvalue weighted by Crippen LogP contribution is -2.41. The summed E-state index contributed by atoms with van der Waals surface area (Å²) in [6.07, 6.45) is 2.27. The Kier molecular flexibility index (Phi) is 4.75. The molecular formula is C10H20N2OS. The van der Waals surface area contributed by atoms with Gasteiger partial charge in [0.1, 0.15) is 0 Å². The van der Waals surface area contributed by atoms with E-state index in [0.29, 0.717) is 5.75 Å². The Morgan fingerprint density at radius 2 is 2.00 bits per heavy atom. The highest BCUT2D eigenvalue weighted by molar-refractivity contribution is 7.81. The summed E-state index contributed by atoms with van der Waals surface area (Å²) < 4.78 is 0. The van der Waals surface area contributed by atoms with Crippen LogP contribution in [0.2, 0.25) is 0 Å². The largest absolute Gasteiger partial charge is 0.342 e. The van der Waals surface area contributed by atoms with Crippen LogP contribution in [0.25, 0.3) is 0 Å². The van der Waals surface area contributed by atoms with E-state index in [-0.39, 0.29) is 5.91 Å². The molecule has 1 aliphatic heterocycles. The summed E-state index contributed by atoms with van der Waals surface area (Å²) in [5, 5.41) is 0. The third-order valence-electron chi connectivity index (χ3n) is 2.73. The smallest absolute Gasteiger partial charge is 0.232 e. The molecule has 0 N–H and O–H groups in total. The first-order valence-electron chi connectivity index (χ1n) is 5.17. The molecule has 1 fully saturated rings. The highest BCUT2D eigenvalue weighted by Crippen LogP contribution is 2.17. The van der Waals surface area contributed by atoms with Gasteiger partial charge >= 0.3 is 0 Å². The summed E-state index contributed by atoms with van der Waals surface area (Å²) in [5.41, 5.74) is 0. The van der Waals surface area contributed by atoms with Crippen LogP contribution < -0.4 is 0 Å². The lowest BCUT2D eigenvalue weighted by Gasteiger charge is -2.32. The van der Waals surface area contributed by atoms with Gasteiger partial charge in [0.25, 0.3) is 0 Å². The minimum Gasteiger partial charge on any atom is -0.342 e. The van der Waals surface area contributed by atoms with Crippen LogP contribution in [0.15, 0.2) is 0 Å². The van der Waals surface area contributed by atoms with Crippen molar-refractivity contribution in [2.24, 2.45) is 5.92 Å². The van der Waals surface area contributed by atoms with Crippen LogP contribution in [-0.4, -0.2) is 55.2 Å². The molecule has 0 spiro atoms. The van der Waals surface area contributed by atoms with E-state index in [2.05, 4.69) is 31.6 Å². The molecule has 1 aliphatic rings. The second kappa shape index (κ2) is 5.61. The molecule has 0 bridgehead atoms. The van der Waals surface area contributed by atoms with E-state index in [1.54, 1.807) is 0 Å². The zero-order valence-corrected chi connectivity index (χ0v) is 9.96. The van der Waals surface area contributed by atoms with Crippen molar-refractivity contribution in [1.82, 2.24) is 9.80 Å². The number of hydrogen-bond donors (Lipinski definition) is 1. The molecule has 0 radical (unpaired) electrons. The molecule has 1 rings (SSSR count). The van der Waals surface area contributed by atoms with E-state index in [4.69, 9.17) is 0 Å². The minimum atomic E-state index is 0.177. The standard InChI is InChI=1S/C10H20N2OS/c1-11(2)7-9-3-5-12(6-4-9)10(13)8-14/h9,14H,3-8H2,1-2H3. The molecule has 1 saturated heterocycles. The van der Waals surface area contributed by atoms with Gasteiger partial charge in [-0.3, -0.25) is 4.79 Å². The van der Waals surface area contributed by atoms with Gasteiger partial charge in [-0.05, 0) is 32.9 Å². The van der Waals surface area contributed by atoms with Gasteiger partial charge in [0, 0.05) is 19.6 Å². The second-order valence-electron chi connectivity index (χ2n) is 4.24. The quantitative estimate of drug-likeness (QED) is 0.703. The Balaban J connectivity index is 2.27. The van der Waals surface area contributed by atoms with E-state index in [1.807, 2.05) is 4.90 Å². The molecule has 0 aromatic rings. The number of rotatable bonds is 3. The molecule has 0 saturated carbocycles. The van der Waals surface area contributed by atoms with Crippen molar-refractivity contribution >= 4 is 18.5 Å².